The molecular formula is C54H34N2S. The maximum absolute atomic E-state index is 10.1. The quantitative estimate of drug-likeness (QED) is 0.165. The Balaban J connectivity index is 1.21. The largest absolute Gasteiger partial charge is 0.309 e. The minimum atomic E-state index is -0.791. The van der Waals surface area contributed by atoms with E-state index in [9.17, 15) is 15.1 Å². The van der Waals surface area contributed by atoms with Crippen LogP contribution in [0.25, 0.3) is 109 Å². The van der Waals surface area contributed by atoms with Gasteiger partial charge in [-0.15, -0.1) is 11.3 Å². The van der Waals surface area contributed by atoms with Crippen molar-refractivity contribution in [3.63, 3.8) is 0 Å². The van der Waals surface area contributed by atoms with Crippen molar-refractivity contribution in [2.45, 2.75) is 0 Å². The van der Waals surface area contributed by atoms with Gasteiger partial charge in [0.25, 0.3) is 0 Å². The minimum absolute atomic E-state index is 0.0160. The first-order valence-corrected chi connectivity index (χ1v) is 18.4. The number of benzene rings is 9. The lowest BCUT2D eigenvalue weighted by Gasteiger charge is -2.12. The van der Waals surface area contributed by atoms with Gasteiger partial charge in [-0.1, -0.05) is 133 Å². The molecule has 3 heteroatoms. The summed E-state index contributed by atoms with van der Waals surface area (Å²) in [5, 5.41) is -1.11. The van der Waals surface area contributed by atoms with E-state index in [1.807, 2.05) is 0 Å². The Morgan fingerprint density at radius 1 is 0.351 bits per heavy atom. The fraction of sp³-hybridized carbons (Fsp3) is 0. The van der Waals surface area contributed by atoms with E-state index in [0.717, 1.165) is 29.5 Å². The summed E-state index contributed by atoms with van der Waals surface area (Å²) in [5.41, 5.74) is -2.77. The third-order valence-corrected chi connectivity index (χ3v) is 10.9. The Labute approximate surface area is 367 Å². The minimum Gasteiger partial charge on any atom is -0.309 e. The third kappa shape index (κ3) is 5.03. The second-order valence-corrected chi connectivity index (χ2v) is 14.0. The number of nitrogens with zero attached hydrogens (tertiary/aromatic N) is 2. The van der Waals surface area contributed by atoms with Gasteiger partial charge in [0.15, 0.2) is 0 Å². The Morgan fingerprint density at radius 2 is 1.07 bits per heavy atom. The van der Waals surface area contributed by atoms with Crippen LogP contribution in [0.4, 0.5) is 0 Å². The summed E-state index contributed by atoms with van der Waals surface area (Å²) in [4.78, 5) is 0. The first-order chi connectivity index (χ1) is 38.2. The fourth-order valence-corrected chi connectivity index (χ4v) is 8.28. The first kappa shape index (κ1) is 16.5. The van der Waals surface area contributed by atoms with E-state index in [-0.39, 0.29) is 98.2 Å². The van der Waals surface area contributed by atoms with E-state index >= 15 is 0 Å². The maximum Gasteiger partial charge on any atom is 0.0652 e. The molecule has 0 aliphatic carbocycles. The van der Waals surface area contributed by atoms with Crippen LogP contribution in [-0.4, -0.2) is 9.13 Å². The molecule has 57 heavy (non-hydrogen) atoms. The molecule has 0 amide bonds. The molecular weight excluding hydrogens is 709 g/mol. The summed E-state index contributed by atoms with van der Waals surface area (Å²) in [6.07, 6.45) is 0. The van der Waals surface area contributed by atoms with E-state index in [2.05, 4.69) is 0 Å². The van der Waals surface area contributed by atoms with Crippen LogP contribution < -0.4 is 0 Å². The van der Waals surface area contributed by atoms with Gasteiger partial charge in [-0.2, -0.15) is 0 Å². The van der Waals surface area contributed by atoms with Crippen LogP contribution in [0.2, 0.25) is 0 Å². The van der Waals surface area contributed by atoms with Crippen LogP contribution in [0.5, 0.6) is 0 Å². The maximum atomic E-state index is 10.1. The fourth-order valence-electron chi connectivity index (χ4n) is 7.34. The lowest BCUT2D eigenvalue weighted by atomic mass is 9.98. The van der Waals surface area contributed by atoms with Crippen LogP contribution in [0.1, 0.15) is 32.9 Å². The first-order valence-electron chi connectivity index (χ1n) is 29.5. The van der Waals surface area contributed by atoms with Gasteiger partial charge >= 0.3 is 0 Å². The van der Waals surface area contributed by atoms with Crippen molar-refractivity contribution in [2.24, 2.45) is 0 Å². The van der Waals surface area contributed by atoms with Gasteiger partial charge in [-0.05, 0) is 100 Å². The van der Waals surface area contributed by atoms with Gasteiger partial charge < -0.3 is 9.13 Å². The van der Waals surface area contributed by atoms with Crippen LogP contribution in [0.3, 0.4) is 0 Å². The molecule has 3 heterocycles. The van der Waals surface area contributed by atoms with Crippen LogP contribution >= 0.6 is 11.3 Å². The molecule has 0 aliphatic heterocycles. The molecule has 0 bridgehead atoms. The van der Waals surface area contributed by atoms with Crippen LogP contribution in [0, 0.1) is 0 Å². The Hall–Kier alpha value is -7.20. The van der Waals surface area contributed by atoms with Crippen molar-refractivity contribution in [1.82, 2.24) is 9.13 Å². The van der Waals surface area contributed by atoms with Gasteiger partial charge in [0.1, 0.15) is 0 Å². The molecule has 9 aromatic carbocycles. The molecule has 0 unspecified atom stereocenters. The predicted molar refractivity (Wildman–Crippen MR) is 244 cm³/mol. The van der Waals surface area contributed by atoms with E-state index in [1.165, 1.54) is 21.3 Å². The number of thiophene rings is 1. The number of para-hydroxylation sites is 4. The number of aromatic nitrogens is 2. The number of fused-ring (bicyclic) bond motifs is 9. The predicted octanol–water partition coefficient (Wildman–Crippen LogP) is 15.2. The van der Waals surface area contributed by atoms with E-state index in [4.69, 9.17) is 17.8 Å². The average Bonchev–Trinajstić information content (AvgIpc) is 2.22. The summed E-state index contributed by atoms with van der Waals surface area (Å²) in [5.74, 6) is 0. The van der Waals surface area contributed by atoms with Gasteiger partial charge in [0, 0.05) is 58.7 Å². The second-order valence-electron chi connectivity index (χ2n) is 13.0. The zero-order chi connectivity index (χ0) is 58.3. The second kappa shape index (κ2) is 12.7. The molecule has 0 saturated heterocycles. The summed E-state index contributed by atoms with van der Waals surface area (Å²) < 4.78 is 222. The zero-order valence-electron chi connectivity index (χ0n) is 53.1. The van der Waals surface area contributed by atoms with Crippen molar-refractivity contribution in [3.05, 3.63) is 206 Å². The van der Waals surface area contributed by atoms with Crippen molar-refractivity contribution >= 4 is 75.1 Å². The van der Waals surface area contributed by atoms with E-state index in [0.29, 0.717) is 5.69 Å². The summed E-state index contributed by atoms with van der Waals surface area (Å²) in [7, 11) is 0. The van der Waals surface area contributed by atoms with Gasteiger partial charge in [0.2, 0.25) is 0 Å². The smallest absolute Gasteiger partial charge is 0.0652 e. The molecule has 0 fully saturated rings. The highest BCUT2D eigenvalue weighted by atomic mass is 32.1. The van der Waals surface area contributed by atoms with Gasteiger partial charge in [-0.25, -0.2) is 0 Å². The van der Waals surface area contributed by atoms with E-state index in [1.54, 1.807) is 30.3 Å². The SMILES string of the molecule is [2H]c1cc([2H])c([2H])c(-c2c([2H])c([2H])c([2H])c(-c3c([2H])c([2H])c4sc5c([2H])cc(-n6c7cc([2H])c([2H])c([2H])c7c7c([2H])c(-c8cc([2H])c([2H])c9c%10c([2H])c([2H])c([2H])c([2H])c%10n(-c%10ccccc%10)c89)c([2H])c([2H])c76)c([2H])c5c4c3[2H])c2[2H])c1. The molecule has 266 valence electrons. The van der Waals surface area contributed by atoms with Crippen LogP contribution in [-0.2, 0) is 0 Å². The lowest BCUT2D eigenvalue weighted by Crippen LogP contribution is -1.95. The highest BCUT2D eigenvalue weighted by Crippen LogP contribution is 2.42. The third-order valence-electron chi connectivity index (χ3n) is 9.81. The number of rotatable bonds is 5. The summed E-state index contributed by atoms with van der Waals surface area (Å²) in [6, 6.07) is 0.302. The standard InChI is InChI=1S/C54H34N2S/c1-3-13-35(14-4-1)36-15-11-16-37(31-36)38-26-29-52-47(32-38)48-34-41(27-30-53(48)57-52)55-49-23-9-8-20-44(49)46-33-39(25-28-51(46)55)42-21-12-22-45-43-19-7-10-24-50(43)56(54(42)45)40-17-5-2-6-18-40/h1-34H/i3D,4D,7D,8D,9D,10D,11D,12D,13D,15D,16D,19D,20D,22D,24D,25D,26D,28D,29D,30D,31D,32D,33D,34D. The molecule has 12 rings (SSSR count). The van der Waals surface area contributed by atoms with Crippen molar-refractivity contribution < 1.29 is 32.9 Å². The van der Waals surface area contributed by atoms with Crippen molar-refractivity contribution in [1.29, 1.82) is 0 Å². The molecule has 0 radical (unpaired) electrons. The Kier molecular flexibility index (Phi) is 3.67. The number of hydrogen-bond acceptors (Lipinski definition) is 1. The molecule has 2 nitrogen and oxygen atoms in total. The Bertz CT molecular complexity index is 4930. The summed E-state index contributed by atoms with van der Waals surface area (Å²) in [6.45, 7) is 0. The zero-order valence-corrected chi connectivity index (χ0v) is 29.9. The van der Waals surface area contributed by atoms with Gasteiger partial charge in [0.05, 0.1) is 55.0 Å². The highest BCUT2D eigenvalue weighted by Gasteiger charge is 2.19. The molecule has 0 atom stereocenters. The lowest BCUT2D eigenvalue weighted by molar-refractivity contribution is 1.18. The number of hydrogen-bond donors (Lipinski definition) is 0. The molecule has 12 aromatic rings. The monoisotopic (exact) mass is 766 g/mol. The van der Waals surface area contributed by atoms with Crippen molar-refractivity contribution in [2.75, 3.05) is 0 Å². The Morgan fingerprint density at radius 3 is 2.00 bits per heavy atom. The molecule has 3 aromatic heterocycles. The molecule has 0 saturated carbocycles. The van der Waals surface area contributed by atoms with E-state index < -0.39 is 150 Å². The molecule has 0 spiro atoms. The molecule has 0 aliphatic rings. The summed E-state index contributed by atoms with van der Waals surface area (Å²) >= 11 is 0.787. The van der Waals surface area contributed by atoms with Gasteiger partial charge in [-0.3, -0.25) is 0 Å². The van der Waals surface area contributed by atoms with Crippen molar-refractivity contribution in [3.8, 4) is 44.8 Å². The topological polar surface area (TPSA) is 9.86 Å². The molecule has 0 N–H and O–H groups in total. The normalized spacial score (nSPS) is 17.8. The average molecular weight is 767 g/mol. The van der Waals surface area contributed by atoms with Crippen LogP contribution in [0.15, 0.2) is 206 Å². The highest BCUT2D eigenvalue weighted by molar-refractivity contribution is 7.25.